The number of nitrogen functional groups attached to an aromatic ring is 1. The minimum absolute atomic E-state index is 0.100. The number of hydrogen-bond acceptors (Lipinski definition) is 4. The minimum Gasteiger partial charge on any atom is -0.384 e. The minimum atomic E-state index is -0.187. The van der Waals surface area contributed by atoms with Gasteiger partial charge in [-0.3, -0.25) is 4.79 Å². The van der Waals surface area contributed by atoms with E-state index >= 15 is 0 Å². The molecule has 0 aliphatic rings. The molecule has 134 valence electrons. The van der Waals surface area contributed by atoms with Gasteiger partial charge >= 0.3 is 0 Å². The third-order valence-electron chi connectivity index (χ3n) is 4.25. The second-order valence-corrected chi connectivity index (χ2v) is 7.72. The van der Waals surface area contributed by atoms with Crippen molar-refractivity contribution in [2.75, 3.05) is 5.73 Å². The molecule has 1 atom stereocenters. The van der Waals surface area contributed by atoms with Gasteiger partial charge in [-0.25, -0.2) is 0 Å². The molecule has 0 bridgehead atoms. The second kappa shape index (κ2) is 8.29. The summed E-state index contributed by atoms with van der Waals surface area (Å²) in [6, 6.07) is 19.9. The zero-order valence-corrected chi connectivity index (χ0v) is 16.1. The van der Waals surface area contributed by atoms with Crippen LogP contribution in [0.4, 0.5) is 5.82 Å². The predicted molar refractivity (Wildman–Crippen MR) is 110 cm³/mol. The SMILES string of the molecule is C[C@H](NC(=O)c1sc(=S)n(CCc2ccccc2)c1N)c1ccccc1. The summed E-state index contributed by atoms with van der Waals surface area (Å²) in [5, 5.41) is 3.00. The van der Waals surface area contributed by atoms with Gasteiger partial charge in [0.15, 0.2) is 3.95 Å². The summed E-state index contributed by atoms with van der Waals surface area (Å²) in [5.74, 6) is 0.252. The van der Waals surface area contributed by atoms with Crippen LogP contribution in [0.1, 0.15) is 33.8 Å². The van der Waals surface area contributed by atoms with Gasteiger partial charge in [0.05, 0.1) is 6.04 Å². The van der Waals surface area contributed by atoms with E-state index in [1.165, 1.54) is 16.9 Å². The number of aromatic nitrogens is 1. The number of nitrogens with one attached hydrogen (secondary N) is 1. The van der Waals surface area contributed by atoms with Crippen molar-refractivity contribution < 1.29 is 4.79 Å². The van der Waals surface area contributed by atoms with Crippen LogP contribution in [0.25, 0.3) is 0 Å². The molecule has 26 heavy (non-hydrogen) atoms. The van der Waals surface area contributed by atoms with Gasteiger partial charge in [0.2, 0.25) is 0 Å². The maximum absolute atomic E-state index is 12.6. The van der Waals surface area contributed by atoms with Crippen LogP contribution in [0, 0.1) is 3.95 Å². The number of nitrogens with two attached hydrogens (primary N) is 1. The fraction of sp³-hybridized carbons (Fsp3) is 0.200. The van der Waals surface area contributed by atoms with Gasteiger partial charge in [0.1, 0.15) is 10.7 Å². The summed E-state index contributed by atoms with van der Waals surface area (Å²) in [6.45, 7) is 2.61. The zero-order valence-electron chi connectivity index (χ0n) is 14.5. The summed E-state index contributed by atoms with van der Waals surface area (Å²) in [6.07, 6.45) is 0.817. The largest absolute Gasteiger partial charge is 0.384 e. The average molecular weight is 384 g/mol. The summed E-state index contributed by atoms with van der Waals surface area (Å²) in [7, 11) is 0. The molecule has 0 fully saturated rings. The number of anilines is 1. The Hall–Kier alpha value is -2.44. The number of benzene rings is 2. The van der Waals surface area contributed by atoms with Crippen LogP contribution >= 0.6 is 23.6 Å². The van der Waals surface area contributed by atoms with Crippen LogP contribution in [0.15, 0.2) is 60.7 Å². The molecule has 6 heteroatoms. The Balaban J connectivity index is 1.72. The van der Waals surface area contributed by atoms with Crippen molar-refractivity contribution in [2.45, 2.75) is 25.9 Å². The summed E-state index contributed by atoms with van der Waals surface area (Å²) >= 11 is 6.69. The number of carbonyl (C=O) groups excluding carboxylic acids is 1. The summed E-state index contributed by atoms with van der Waals surface area (Å²) in [4.78, 5) is 13.1. The van der Waals surface area contributed by atoms with E-state index in [1.807, 2.05) is 60.0 Å². The van der Waals surface area contributed by atoms with Crippen molar-refractivity contribution in [3.05, 3.63) is 80.6 Å². The highest BCUT2D eigenvalue weighted by Crippen LogP contribution is 2.24. The van der Waals surface area contributed by atoms with Gasteiger partial charge in [-0.05, 0) is 36.7 Å². The Bertz CT molecular complexity index is 933. The van der Waals surface area contributed by atoms with E-state index in [9.17, 15) is 4.79 Å². The quantitative estimate of drug-likeness (QED) is 0.612. The number of nitrogens with zero attached hydrogens (tertiary/aromatic N) is 1. The standard InChI is InChI=1S/C20H21N3OS2/c1-14(16-10-6-3-7-11-16)22-19(24)17-18(21)23(20(25)26-17)13-12-15-8-4-2-5-9-15/h2-11,14H,12-13,21H2,1H3,(H,22,24)/t14-/m0/s1. The molecule has 4 nitrogen and oxygen atoms in total. The number of aryl methyl sites for hydroxylation is 1. The lowest BCUT2D eigenvalue weighted by Crippen LogP contribution is -2.26. The van der Waals surface area contributed by atoms with Crippen LogP contribution < -0.4 is 11.1 Å². The molecule has 0 unspecified atom stereocenters. The van der Waals surface area contributed by atoms with E-state index in [0.717, 1.165) is 12.0 Å². The van der Waals surface area contributed by atoms with Crippen molar-refractivity contribution >= 4 is 35.3 Å². The van der Waals surface area contributed by atoms with Crippen LogP contribution in [0.3, 0.4) is 0 Å². The molecule has 2 aromatic carbocycles. The van der Waals surface area contributed by atoms with E-state index in [1.54, 1.807) is 0 Å². The number of thiazole rings is 1. The first-order valence-corrected chi connectivity index (χ1v) is 9.67. The maximum Gasteiger partial charge on any atom is 0.265 e. The number of carbonyl (C=O) groups is 1. The first-order valence-electron chi connectivity index (χ1n) is 8.45. The number of hydrogen-bond donors (Lipinski definition) is 2. The molecule has 0 radical (unpaired) electrons. The van der Waals surface area contributed by atoms with Crippen LogP contribution in [0.5, 0.6) is 0 Å². The maximum atomic E-state index is 12.6. The number of amides is 1. The van der Waals surface area contributed by atoms with E-state index in [-0.39, 0.29) is 11.9 Å². The molecule has 0 aliphatic heterocycles. The van der Waals surface area contributed by atoms with Crippen LogP contribution in [0.2, 0.25) is 0 Å². The average Bonchev–Trinajstić information content (AvgIpc) is 2.95. The van der Waals surface area contributed by atoms with Crippen LogP contribution in [-0.2, 0) is 13.0 Å². The van der Waals surface area contributed by atoms with Crippen LogP contribution in [-0.4, -0.2) is 10.5 Å². The van der Waals surface area contributed by atoms with Gasteiger partial charge in [-0.1, -0.05) is 72.0 Å². The molecule has 1 heterocycles. The fourth-order valence-corrected chi connectivity index (χ4v) is 4.04. The zero-order chi connectivity index (χ0) is 18.5. The van der Waals surface area contributed by atoms with Crippen molar-refractivity contribution in [1.29, 1.82) is 0 Å². The van der Waals surface area contributed by atoms with E-state index < -0.39 is 0 Å². The Morgan fingerprint density at radius 1 is 1.15 bits per heavy atom. The van der Waals surface area contributed by atoms with Crippen molar-refractivity contribution in [3.63, 3.8) is 0 Å². The monoisotopic (exact) mass is 383 g/mol. The lowest BCUT2D eigenvalue weighted by Gasteiger charge is -2.14. The molecule has 1 aromatic heterocycles. The highest BCUT2D eigenvalue weighted by Gasteiger charge is 2.19. The first kappa shape index (κ1) is 18.4. The van der Waals surface area contributed by atoms with Gasteiger partial charge in [0.25, 0.3) is 5.91 Å². The highest BCUT2D eigenvalue weighted by molar-refractivity contribution is 7.73. The van der Waals surface area contributed by atoms with E-state index in [4.69, 9.17) is 18.0 Å². The molecule has 0 saturated carbocycles. The lowest BCUT2D eigenvalue weighted by molar-refractivity contribution is 0.0944. The molecule has 0 aliphatic carbocycles. The summed E-state index contributed by atoms with van der Waals surface area (Å²) < 4.78 is 2.46. The van der Waals surface area contributed by atoms with Crippen molar-refractivity contribution in [3.8, 4) is 0 Å². The Morgan fingerprint density at radius 2 is 1.77 bits per heavy atom. The second-order valence-electron chi connectivity index (χ2n) is 6.08. The molecule has 0 spiro atoms. The van der Waals surface area contributed by atoms with Gasteiger partial charge < -0.3 is 15.6 Å². The topological polar surface area (TPSA) is 60.0 Å². The first-order chi connectivity index (χ1) is 12.6. The smallest absolute Gasteiger partial charge is 0.265 e. The molecule has 3 rings (SSSR count). The molecule has 1 amide bonds. The molecular formula is C20H21N3OS2. The Labute approximate surface area is 162 Å². The number of rotatable bonds is 6. The third kappa shape index (κ3) is 4.20. The molecule has 0 saturated heterocycles. The van der Waals surface area contributed by atoms with Gasteiger partial charge in [-0.2, -0.15) is 0 Å². The van der Waals surface area contributed by atoms with Crippen molar-refractivity contribution in [2.24, 2.45) is 0 Å². The fourth-order valence-electron chi connectivity index (χ4n) is 2.76. The lowest BCUT2D eigenvalue weighted by atomic mass is 10.1. The highest BCUT2D eigenvalue weighted by atomic mass is 32.1. The van der Waals surface area contributed by atoms with E-state index in [2.05, 4.69) is 17.4 Å². The molecule has 3 N–H and O–H groups in total. The van der Waals surface area contributed by atoms with Crippen molar-refractivity contribution in [1.82, 2.24) is 9.88 Å². The molecule has 3 aromatic rings. The normalized spacial score (nSPS) is 11.9. The van der Waals surface area contributed by atoms with E-state index in [0.29, 0.717) is 21.2 Å². The molecular weight excluding hydrogens is 362 g/mol. The third-order valence-corrected chi connectivity index (χ3v) is 5.72. The van der Waals surface area contributed by atoms with Gasteiger partial charge in [-0.15, -0.1) is 0 Å². The Kier molecular flexibility index (Phi) is 5.85. The van der Waals surface area contributed by atoms with Gasteiger partial charge in [0, 0.05) is 6.54 Å². The summed E-state index contributed by atoms with van der Waals surface area (Å²) in [5.41, 5.74) is 8.49. The Morgan fingerprint density at radius 3 is 2.42 bits per heavy atom. The predicted octanol–water partition coefficient (Wildman–Crippen LogP) is 4.59.